The Morgan fingerprint density at radius 1 is 0.190 bits per heavy atom. The molecule has 600 valence electrons. The number of anilines is 9. The summed E-state index contributed by atoms with van der Waals surface area (Å²) < 4.78 is 7.23. The molecule has 3 aromatic heterocycles. The molecular formula is C120H90N6. The summed E-state index contributed by atoms with van der Waals surface area (Å²) in [5.74, 6) is 2.85. The van der Waals surface area contributed by atoms with E-state index in [9.17, 15) is 0 Å². The minimum Gasteiger partial charge on any atom is -0.310 e. The van der Waals surface area contributed by atoms with E-state index in [0.29, 0.717) is 5.41 Å². The Balaban J connectivity index is 0.000000106. The summed E-state index contributed by atoms with van der Waals surface area (Å²) >= 11 is 0. The number of hydrogen-bond donors (Lipinski definition) is 0. The lowest BCUT2D eigenvalue weighted by Crippen LogP contribution is -2.48. The Morgan fingerprint density at radius 2 is 0.508 bits per heavy atom. The summed E-state index contributed by atoms with van der Waals surface area (Å²) in [5, 5.41) is 20.2. The van der Waals surface area contributed by atoms with Crippen molar-refractivity contribution in [2.75, 3.05) is 14.7 Å². The van der Waals surface area contributed by atoms with Gasteiger partial charge in [0.2, 0.25) is 0 Å². The predicted molar refractivity (Wildman–Crippen MR) is 534 cm³/mol. The first-order valence-corrected chi connectivity index (χ1v) is 44.6. The summed E-state index contributed by atoms with van der Waals surface area (Å²) in [6.45, 7) is 0. The summed E-state index contributed by atoms with van der Waals surface area (Å²) in [5.41, 5.74) is 23.4. The molecule has 6 heteroatoms. The van der Waals surface area contributed by atoms with E-state index in [1.54, 1.807) is 5.56 Å². The molecule has 23 aromatic rings. The van der Waals surface area contributed by atoms with E-state index in [2.05, 4.69) is 483 Å². The Bertz CT molecular complexity index is 7940. The van der Waals surface area contributed by atoms with Crippen molar-refractivity contribution in [3.8, 4) is 17.1 Å². The van der Waals surface area contributed by atoms with Gasteiger partial charge in [-0.3, -0.25) is 0 Å². The summed E-state index contributed by atoms with van der Waals surface area (Å²) in [4.78, 5) is 7.15. The molecule has 126 heavy (non-hydrogen) atoms. The Kier molecular flexibility index (Phi) is 18.4. The maximum absolute atomic E-state index is 2.48. The minimum absolute atomic E-state index is 0.406. The van der Waals surface area contributed by atoms with Crippen molar-refractivity contribution in [2.24, 2.45) is 17.8 Å². The van der Waals surface area contributed by atoms with Crippen molar-refractivity contribution in [1.29, 1.82) is 0 Å². The molecule has 0 spiro atoms. The molecule has 0 saturated heterocycles. The second-order valence-electron chi connectivity index (χ2n) is 34.9. The lowest BCUT2D eigenvalue weighted by atomic mass is 9.48. The van der Waals surface area contributed by atoms with Gasteiger partial charge in [0.1, 0.15) is 0 Å². The first-order chi connectivity index (χ1) is 62.5. The van der Waals surface area contributed by atoms with Crippen molar-refractivity contribution < 1.29 is 0 Å². The van der Waals surface area contributed by atoms with Gasteiger partial charge >= 0.3 is 0 Å². The van der Waals surface area contributed by atoms with E-state index in [4.69, 9.17) is 0 Å². The van der Waals surface area contributed by atoms with Crippen LogP contribution in [0.4, 0.5) is 51.2 Å². The number of hydrogen-bond acceptors (Lipinski definition) is 3. The Morgan fingerprint density at radius 3 is 0.937 bits per heavy atom. The number of para-hydroxylation sites is 9. The van der Waals surface area contributed by atoms with Gasteiger partial charge in [0.25, 0.3) is 0 Å². The lowest BCUT2D eigenvalue weighted by molar-refractivity contribution is -0.00518. The van der Waals surface area contributed by atoms with Crippen LogP contribution in [0.5, 0.6) is 0 Å². The Hall–Kier alpha value is -15.5. The van der Waals surface area contributed by atoms with Crippen LogP contribution < -0.4 is 14.7 Å². The van der Waals surface area contributed by atoms with E-state index in [1.807, 2.05) is 0 Å². The van der Waals surface area contributed by atoms with Crippen LogP contribution in [0, 0.1) is 17.8 Å². The molecule has 0 N–H and O–H groups in total. The quantitative estimate of drug-likeness (QED) is 0.115. The lowest BCUT2D eigenvalue weighted by Gasteiger charge is -2.57. The molecule has 0 amide bonds. The predicted octanol–water partition coefficient (Wildman–Crippen LogP) is 33.0. The van der Waals surface area contributed by atoms with Crippen molar-refractivity contribution >= 4 is 170 Å². The fourth-order valence-corrected chi connectivity index (χ4v) is 22.6. The van der Waals surface area contributed by atoms with Gasteiger partial charge in [-0.25, -0.2) is 0 Å². The smallest absolute Gasteiger partial charge is 0.0547 e. The van der Waals surface area contributed by atoms with E-state index in [0.717, 1.165) is 46.2 Å². The van der Waals surface area contributed by atoms with Crippen molar-refractivity contribution in [1.82, 2.24) is 13.7 Å². The standard InChI is InChI=1S/C44H38N2.2C38H26N2/c1-3-10-34(11-4-1)45(36-20-18-33(19-21-36)44-27-30-24-31(28-44)26-32(25-30)29-44)40-17-9-15-38-37(40)22-23-42-43(38)39-14-7-8-16-41(39)46(42)35-12-5-2-6-13-35;1-3-14-29(15-4-1)39(30-16-5-2-6-17-30)35-21-11-19-33-32(35)24-25-37-38(33)34-18-9-10-20-36(34)40(37)31-23-22-27-12-7-8-13-28(27)26-31;1-3-13-30(14-4-1)39(31-15-5-2-6-16-31)32-22-23-34-29(26-32)20-24-37-38(34)35-17-9-10-18-36(35)40(37)33-21-19-27-11-7-8-12-28(27)25-33/h1-23,30-32H,24-29H2;2*1-26H. The fourth-order valence-electron chi connectivity index (χ4n) is 22.6. The number of fused-ring (bicyclic) bond motifs is 17. The van der Waals surface area contributed by atoms with Gasteiger partial charge in [-0.2, -0.15) is 0 Å². The molecule has 0 aliphatic heterocycles. The maximum atomic E-state index is 2.48. The number of benzene rings is 20. The SMILES string of the molecule is c1ccc(N(c2ccc(C34CC5CC(CC(C5)C3)C4)cc2)c2cccc3c2ccc2c3c3ccccc3n2-c2ccccc2)cc1.c1ccc(N(c2ccccc2)c2ccc3c(ccc4c3c3ccccc3n4-c3ccc4ccccc4c3)c2)cc1.c1ccc(N(c2ccccc2)c2cccc3c2ccc2c3c3ccccc3n2-c2ccc3ccccc3c2)cc1. The summed E-state index contributed by atoms with van der Waals surface area (Å²) in [7, 11) is 0. The van der Waals surface area contributed by atoms with E-state index >= 15 is 0 Å². The van der Waals surface area contributed by atoms with E-state index < -0.39 is 0 Å². The van der Waals surface area contributed by atoms with Crippen LogP contribution in [0.15, 0.2) is 455 Å². The third kappa shape index (κ3) is 12.8. The minimum atomic E-state index is 0.406. The molecule has 4 aliphatic rings. The molecule has 0 atom stereocenters. The van der Waals surface area contributed by atoms with Gasteiger partial charge in [0.05, 0.1) is 44.5 Å². The fraction of sp³-hybridized carbons (Fsp3) is 0.0833. The highest BCUT2D eigenvalue weighted by molar-refractivity contribution is 6.26. The summed E-state index contributed by atoms with van der Waals surface area (Å²) in [6, 6.07) is 165. The number of nitrogens with zero attached hydrogens (tertiary/aromatic N) is 6. The van der Waals surface area contributed by atoms with Gasteiger partial charge in [0, 0.05) is 100.0 Å². The molecular weight excluding hydrogens is 1530 g/mol. The average Bonchev–Trinajstić information content (AvgIpc) is 1.22. The van der Waals surface area contributed by atoms with E-state index in [1.165, 1.54) is 198 Å². The Labute approximate surface area is 733 Å². The zero-order valence-electron chi connectivity index (χ0n) is 70.0. The van der Waals surface area contributed by atoms with Crippen LogP contribution >= 0.6 is 0 Å². The monoisotopic (exact) mass is 1610 g/mol. The molecule has 3 heterocycles. The largest absolute Gasteiger partial charge is 0.310 e. The van der Waals surface area contributed by atoms with Gasteiger partial charge in [0.15, 0.2) is 0 Å². The third-order valence-corrected chi connectivity index (χ3v) is 27.6. The molecule has 4 saturated carbocycles. The second kappa shape index (κ2) is 31.1. The zero-order valence-corrected chi connectivity index (χ0v) is 70.0. The van der Waals surface area contributed by atoms with Crippen molar-refractivity contribution in [3.63, 3.8) is 0 Å². The maximum Gasteiger partial charge on any atom is 0.0547 e. The van der Waals surface area contributed by atoms with Crippen molar-refractivity contribution in [2.45, 2.75) is 43.9 Å². The van der Waals surface area contributed by atoms with Crippen LogP contribution in [-0.4, -0.2) is 13.7 Å². The highest BCUT2D eigenvalue weighted by Gasteiger charge is 2.51. The molecule has 20 aromatic carbocycles. The molecule has 4 bridgehead atoms. The molecule has 4 fully saturated rings. The first kappa shape index (κ1) is 74.3. The molecule has 4 aliphatic carbocycles. The van der Waals surface area contributed by atoms with Crippen LogP contribution in [-0.2, 0) is 5.41 Å². The van der Waals surface area contributed by atoms with Gasteiger partial charge in [-0.05, 0) is 280 Å². The third-order valence-electron chi connectivity index (χ3n) is 27.6. The highest BCUT2D eigenvalue weighted by Crippen LogP contribution is 2.61. The molecule has 6 nitrogen and oxygen atoms in total. The highest BCUT2D eigenvalue weighted by atomic mass is 15.2. The molecule has 0 radical (unpaired) electrons. The van der Waals surface area contributed by atoms with Gasteiger partial charge < -0.3 is 28.4 Å². The molecule has 0 unspecified atom stereocenters. The van der Waals surface area contributed by atoms with Crippen LogP contribution in [0.25, 0.3) is 136 Å². The van der Waals surface area contributed by atoms with Crippen LogP contribution in [0.3, 0.4) is 0 Å². The first-order valence-electron chi connectivity index (χ1n) is 44.6. The normalized spacial score (nSPS) is 15.9. The topological polar surface area (TPSA) is 24.5 Å². The van der Waals surface area contributed by atoms with Crippen molar-refractivity contribution in [3.05, 3.63) is 461 Å². The number of aromatic nitrogens is 3. The molecule has 27 rings (SSSR count). The van der Waals surface area contributed by atoms with E-state index in [-0.39, 0.29) is 0 Å². The van der Waals surface area contributed by atoms with Gasteiger partial charge in [-0.15, -0.1) is 0 Å². The van der Waals surface area contributed by atoms with Crippen LogP contribution in [0.2, 0.25) is 0 Å². The van der Waals surface area contributed by atoms with Gasteiger partial charge in [-0.1, -0.05) is 285 Å². The van der Waals surface area contributed by atoms with Crippen LogP contribution in [0.1, 0.15) is 44.1 Å². The summed E-state index contributed by atoms with van der Waals surface area (Å²) in [6.07, 6.45) is 8.65. The zero-order chi connectivity index (χ0) is 83.2. The number of rotatable bonds is 13. The second-order valence-corrected chi connectivity index (χ2v) is 34.9. The average molecular weight is 1620 g/mol.